The van der Waals surface area contributed by atoms with Gasteiger partial charge >= 0.3 is 0 Å². The molecule has 2 nitrogen and oxygen atoms in total. The Morgan fingerprint density at radius 1 is 1.40 bits per heavy atom. The first-order valence-electron chi connectivity index (χ1n) is 5.00. The van der Waals surface area contributed by atoms with E-state index >= 15 is 0 Å². The highest BCUT2D eigenvalue weighted by Gasteiger charge is 2.26. The van der Waals surface area contributed by atoms with Gasteiger partial charge in [-0.1, -0.05) is 12.1 Å². The Morgan fingerprint density at radius 2 is 2.07 bits per heavy atom. The minimum absolute atomic E-state index is 0.210. The second-order valence-electron chi connectivity index (χ2n) is 3.74. The number of nitrogens with two attached hydrogens (primary N) is 1. The van der Waals surface area contributed by atoms with Gasteiger partial charge in [-0.2, -0.15) is 0 Å². The Labute approximate surface area is 93.9 Å². The Hall–Kier alpha value is -1.16. The van der Waals surface area contributed by atoms with Crippen molar-refractivity contribution in [1.82, 2.24) is 4.90 Å². The highest BCUT2D eigenvalue weighted by Crippen LogP contribution is 2.31. The lowest BCUT2D eigenvalue weighted by Crippen LogP contribution is -2.34. The van der Waals surface area contributed by atoms with Gasteiger partial charge in [-0.15, -0.1) is 0 Å². The van der Waals surface area contributed by atoms with Gasteiger partial charge < -0.3 is 10.6 Å². The van der Waals surface area contributed by atoms with Gasteiger partial charge in [0.1, 0.15) is 5.82 Å². The van der Waals surface area contributed by atoms with E-state index in [0.29, 0.717) is 5.11 Å². The fourth-order valence-electron chi connectivity index (χ4n) is 2.06. The minimum Gasteiger partial charge on any atom is -0.376 e. The number of nitrogens with zero attached hydrogens (tertiary/aromatic N) is 1. The van der Waals surface area contributed by atoms with Gasteiger partial charge in [0.2, 0.25) is 0 Å². The number of hydrogen-bond acceptors (Lipinski definition) is 1. The summed E-state index contributed by atoms with van der Waals surface area (Å²) in [6.07, 6.45) is 2.11. The summed E-state index contributed by atoms with van der Waals surface area (Å²) in [5, 5.41) is 0.432. The van der Waals surface area contributed by atoms with Crippen molar-refractivity contribution in [2.45, 2.75) is 18.9 Å². The third kappa shape index (κ3) is 2.09. The van der Waals surface area contributed by atoms with Crippen LogP contribution in [0, 0.1) is 5.82 Å². The van der Waals surface area contributed by atoms with Crippen LogP contribution in [0.1, 0.15) is 24.4 Å². The van der Waals surface area contributed by atoms with Crippen molar-refractivity contribution in [1.29, 1.82) is 0 Å². The first-order valence-corrected chi connectivity index (χ1v) is 5.41. The average Bonchev–Trinajstić information content (AvgIpc) is 2.67. The summed E-state index contributed by atoms with van der Waals surface area (Å²) in [4.78, 5) is 2.00. The van der Waals surface area contributed by atoms with E-state index in [4.69, 9.17) is 18.0 Å². The lowest BCUT2D eigenvalue weighted by molar-refractivity contribution is 0.403. The summed E-state index contributed by atoms with van der Waals surface area (Å²) in [6.45, 7) is 0.900. The summed E-state index contributed by atoms with van der Waals surface area (Å²) in [7, 11) is 0. The molecule has 0 amide bonds. The fourth-order valence-corrected chi connectivity index (χ4v) is 2.28. The second-order valence-corrected chi connectivity index (χ2v) is 4.16. The highest BCUT2D eigenvalue weighted by molar-refractivity contribution is 7.80. The number of likely N-dealkylation sites (tertiary alicyclic amines) is 1. The predicted molar refractivity (Wildman–Crippen MR) is 61.9 cm³/mol. The van der Waals surface area contributed by atoms with Gasteiger partial charge in [0, 0.05) is 6.54 Å². The molecule has 1 aromatic rings. The van der Waals surface area contributed by atoms with E-state index in [1.165, 1.54) is 12.1 Å². The molecule has 0 bridgehead atoms. The first-order chi connectivity index (χ1) is 7.18. The second kappa shape index (κ2) is 4.14. The Morgan fingerprint density at radius 3 is 2.67 bits per heavy atom. The summed E-state index contributed by atoms with van der Waals surface area (Å²) in [5.41, 5.74) is 6.72. The lowest BCUT2D eigenvalue weighted by Gasteiger charge is -2.25. The van der Waals surface area contributed by atoms with Crippen LogP contribution in [0.15, 0.2) is 24.3 Å². The molecule has 1 aliphatic rings. The van der Waals surface area contributed by atoms with E-state index in [-0.39, 0.29) is 11.9 Å². The number of hydrogen-bond donors (Lipinski definition) is 1. The van der Waals surface area contributed by atoms with Crippen molar-refractivity contribution in [3.8, 4) is 0 Å². The van der Waals surface area contributed by atoms with Gasteiger partial charge in [0.25, 0.3) is 0 Å². The predicted octanol–water partition coefficient (Wildman–Crippen LogP) is 2.21. The molecule has 1 unspecified atom stereocenters. The zero-order valence-corrected chi connectivity index (χ0v) is 9.14. The summed E-state index contributed by atoms with van der Waals surface area (Å²) >= 11 is 4.99. The molecule has 15 heavy (non-hydrogen) atoms. The van der Waals surface area contributed by atoms with E-state index in [0.717, 1.165) is 24.9 Å². The highest BCUT2D eigenvalue weighted by atomic mass is 32.1. The van der Waals surface area contributed by atoms with Gasteiger partial charge in [-0.25, -0.2) is 4.39 Å². The van der Waals surface area contributed by atoms with Gasteiger partial charge in [0.05, 0.1) is 6.04 Å². The van der Waals surface area contributed by atoms with Crippen LogP contribution in [0.3, 0.4) is 0 Å². The Balaban J connectivity index is 2.22. The van der Waals surface area contributed by atoms with E-state index < -0.39 is 0 Å². The average molecular weight is 224 g/mol. The summed E-state index contributed by atoms with van der Waals surface area (Å²) in [6, 6.07) is 6.78. The van der Waals surface area contributed by atoms with E-state index in [9.17, 15) is 4.39 Å². The largest absolute Gasteiger partial charge is 0.376 e. The molecule has 1 fully saturated rings. The smallest absolute Gasteiger partial charge is 0.166 e. The van der Waals surface area contributed by atoms with E-state index in [1.807, 2.05) is 4.90 Å². The van der Waals surface area contributed by atoms with Crippen LogP contribution in [0.4, 0.5) is 4.39 Å². The van der Waals surface area contributed by atoms with Crippen LogP contribution in [-0.4, -0.2) is 16.6 Å². The van der Waals surface area contributed by atoms with Crippen LogP contribution in [0.2, 0.25) is 0 Å². The molecule has 1 saturated heterocycles. The molecular formula is C11H13FN2S. The summed E-state index contributed by atoms with van der Waals surface area (Å²) in [5.74, 6) is -0.210. The molecule has 0 saturated carbocycles. The minimum atomic E-state index is -0.210. The molecule has 1 heterocycles. The monoisotopic (exact) mass is 224 g/mol. The topological polar surface area (TPSA) is 29.3 Å². The lowest BCUT2D eigenvalue weighted by atomic mass is 10.0. The van der Waals surface area contributed by atoms with Gasteiger partial charge in [0.15, 0.2) is 5.11 Å². The molecule has 1 aliphatic heterocycles. The van der Waals surface area contributed by atoms with Crippen LogP contribution in [-0.2, 0) is 0 Å². The van der Waals surface area contributed by atoms with Crippen LogP contribution >= 0.6 is 12.2 Å². The van der Waals surface area contributed by atoms with Crippen molar-refractivity contribution in [3.63, 3.8) is 0 Å². The molecule has 1 atom stereocenters. The van der Waals surface area contributed by atoms with Crippen LogP contribution in [0.5, 0.6) is 0 Å². The number of halogens is 1. The SMILES string of the molecule is NC(=S)N1CCCC1c1ccc(F)cc1. The molecule has 0 radical (unpaired) electrons. The molecule has 4 heteroatoms. The molecule has 2 rings (SSSR count). The zero-order valence-electron chi connectivity index (χ0n) is 8.32. The van der Waals surface area contributed by atoms with Crippen molar-refractivity contribution in [2.75, 3.05) is 6.54 Å². The van der Waals surface area contributed by atoms with Crippen LogP contribution < -0.4 is 5.73 Å². The summed E-state index contributed by atoms with van der Waals surface area (Å²) < 4.78 is 12.8. The third-order valence-corrected chi connectivity index (χ3v) is 3.03. The van der Waals surface area contributed by atoms with E-state index in [2.05, 4.69) is 0 Å². The van der Waals surface area contributed by atoms with Gasteiger partial charge in [-0.3, -0.25) is 0 Å². The Bertz CT molecular complexity index is 363. The maximum atomic E-state index is 12.8. The van der Waals surface area contributed by atoms with Crippen LogP contribution in [0.25, 0.3) is 0 Å². The molecule has 1 aromatic carbocycles. The molecule has 0 aliphatic carbocycles. The fraction of sp³-hybridized carbons (Fsp3) is 0.364. The molecule has 2 N–H and O–H groups in total. The molecular weight excluding hydrogens is 211 g/mol. The third-order valence-electron chi connectivity index (χ3n) is 2.79. The standard InChI is InChI=1S/C11H13FN2S/c12-9-5-3-8(4-6-9)10-2-1-7-14(10)11(13)15/h3-6,10H,1-2,7H2,(H2,13,15). The maximum absolute atomic E-state index is 12.8. The molecule has 80 valence electrons. The van der Waals surface area contributed by atoms with Crippen molar-refractivity contribution >= 4 is 17.3 Å². The van der Waals surface area contributed by atoms with Crippen molar-refractivity contribution in [3.05, 3.63) is 35.6 Å². The quantitative estimate of drug-likeness (QED) is 0.742. The van der Waals surface area contributed by atoms with E-state index in [1.54, 1.807) is 12.1 Å². The number of rotatable bonds is 1. The first kappa shape index (κ1) is 10.4. The van der Waals surface area contributed by atoms with Crippen molar-refractivity contribution < 1.29 is 4.39 Å². The number of benzene rings is 1. The zero-order chi connectivity index (χ0) is 10.8. The maximum Gasteiger partial charge on any atom is 0.166 e. The normalized spacial score (nSPS) is 20.6. The molecule has 0 aromatic heterocycles. The Kier molecular flexibility index (Phi) is 2.86. The number of thiocarbonyl (C=S) groups is 1. The van der Waals surface area contributed by atoms with Gasteiger partial charge in [-0.05, 0) is 42.8 Å². The molecule has 0 spiro atoms. The van der Waals surface area contributed by atoms with Crippen molar-refractivity contribution in [2.24, 2.45) is 5.73 Å².